The predicted molar refractivity (Wildman–Crippen MR) is 184 cm³/mol. The van der Waals surface area contributed by atoms with Gasteiger partial charge in [0.25, 0.3) is 0 Å². The number of pyridine rings is 1. The SMILES string of the molecule is C=CC(=O)N1CCC(n2nnc3c(OC(C)CN(C)CCC)nc4c(F)c(-c5cccc6c5c(CC#N)nn6C)c(C)cc4c32)C[C@H]1C. The second-order valence-electron chi connectivity index (χ2n) is 13.0. The Morgan fingerprint density at radius 1 is 1.33 bits per heavy atom. The number of piperidine rings is 1. The molecule has 4 heterocycles. The molecular weight excluding hydrogens is 609 g/mol. The first-order chi connectivity index (χ1) is 23.1. The molecule has 5 aromatic rings. The number of likely N-dealkylation sites (tertiary alicyclic amines) is 1. The van der Waals surface area contributed by atoms with Crippen LogP contribution >= 0.6 is 0 Å². The van der Waals surface area contributed by atoms with E-state index in [2.05, 4.69) is 39.9 Å². The highest BCUT2D eigenvalue weighted by Crippen LogP contribution is 2.41. The minimum atomic E-state index is -0.487. The summed E-state index contributed by atoms with van der Waals surface area (Å²) in [6.45, 7) is 13.8. The average Bonchev–Trinajstić information content (AvgIpc) is 3.64. The quantitative estimate of drug-likeness (QED) is 0.172. The van der Waals surface area contributed by atoms with Crippen molar-refractivity contribution in [3.05, 3.63) is 54.0 Å². The normalized spacial score (nSPS) is 17.4. The predicted octanol–water partition coefficient (Wildman–Crippen LogP) is 5.89. The van der Waals surface area contributed by atoms with Gasteiger partial charge in [0, 0.05) is 42.5 Å². The minimum absolute atomic E-state index is 0.0425. The second kappa shape index (κ2) is 13.3. The van der Waals surface area contributed by atoms with Crippen LogP contribution in [0.3, 0.4) is 0 Å². The van der Waals surface area contributed by atoms with Crippen LogP contribution in [0.4, 0.5) is 4.39 Å². The third kappa shape index (κ3) is 5.76. The first-order valence-electron chi connectivity index (χ1n) is 16.6. The molecule has 1 fully saturated rings. The van der Waals surface area contributed by atoms with Gasteiger partial charge in [-0.2, -0.15) is 10.4 Å². The van der Waals surface area contributed by atoms with Gasteiger partial charge in [-0.3, -0.25) is 9.48 Å². The van der Waals surface area contributed by atoms with Crippen LogP contribution in [0, 0.1) is 24.1 Å². The van der Waals surface area contributed by atoms with E-state index in [1.54, 1.807) is 4.68 Å². The number of nitriles is 1. The van der Waals surface area contributed by atoms with E-state index >= 15 is 4.39 Å². The average molecular weight is 652 g/mol. The summed E-state index contributed by atoms with van der Waals surface area (Å²) in [4.78, 5) is 21.3. The third-order valence-corrected chi connectivity index (χ3v) is 9.41. The Balaban J connectivity index is 1.56. The van der Waals surface area contributed by atoms with Gasteiger partial charge in [-0.25, -0.2) is 14.1 Å². The molecular formula is C36H42FN9O2. The van der Waals surface area contributed by atoms with E-state index < -0.39 is 5.82 Å². The first kappa shape index (κ1) is 33.0. The monoisotopic (exact) mass is 651 g/mol. The summed E-state index contributed by atoms with van der Waals surface area (Å²) in [7, 11) is 3.87. The molecule has 0 radical (unpaired) electrons. The molecule has 0 saturated carbocycles. The summed E-state index contributed by atoms with van der Waals surface area (Å²) in [5.74, 6) is -0.352. The van der Waals surface area contributed by atoms with E-state index in [1.807, 2.05) is 68.7 Å². The van der Waals surface area contributed by atoms with Gasteiger partial charge in [-0.05, 0) is 83.0 Å². The Morgan fingerprint density at radius 2 is 2.12 bits per heavy atom. The lowest BCUT2D eigenvalue weighted by molar-refractivity contribution is -0.129. The van der Waals surface area contributed by atoms with Crippen LogP contribution < -0.4 is 4.74 Å². The maximum Gasteiger partial charge on any atom is 0.246 e. The lowest BCUT2D eigenvalue weighted by atomic mass is 9.93. The molecule has 2 aromatic carbocycles. The number of carbonyl (C=O) groups is 1. The molecule has 1 saturated heterocycles. The standard InChI is InChI=1S/C36H42FN9O2/c1-8-16-43(6)20-23(5)48-36-34-35(46(42-40-34)24-14-17-45(22(4)19-24)29(47)9-2)26-18-21(3)30(32(37)33(26)39-36)25-11-10-12-28-31(25)27(13-15-38)41-44(28)7/h9-12,18,22-24H,2,8,13-14,16-17,19-20H2,1,3-7H3/t22-,23?,24?/m1/s1. The number of ether oxygens (including phenoxy) is 1. The Hall–Kier alpha value is -4.89. The van der Waals surface area contributed by atoms with Crippen LogP contribution in [0.15, 0.2) is 36.9 Å². The van der Waals surface area contributed by atoms with E-state index in [-0.39, 0.29) is 41.9 Å². The van der Waals surface area contributed by atoms with Gasteiger partial charge < -0.3 is 14.5 Å². The van der Waals surface area contributed by atoms with Crippen molar-refractivity contribution in [2.45, 2.75) is 71.6 Å². The van der Waals surface area contributed by atoms with Gasteiger partial charge in [0.1, 0.15) is 17.1 Å². The summed E-state index contributed by atoms with van der Waals surface area (Å²) in [6, 6.07) is 9.70. The van der Waals surface area contributed by atoms with Crippen LogP contribution in [0.1, 0.15) is 57.3 Å². The molecule has 1 amide bonds. The molecule has 6 rings (SSSR count). The number of rotatable bonds is 10. The van der Waals surface area contributed by atoms with Crippen molar-refractivity contribution >= 4 is 38.7 Å². The molecule has 250 valence electrons. The Bertz CT molecular complexity index is 2080. The molecule has 0 bridgehead atoms. The van der Waals surface area contributed by atoms with Crippen molar-refractivity contribution in [3.8, 4) is 23.1 Å². The highest BCUT2D eigenvalue weighted by Gasteiger charge is 2.32. The fourth-order valence-corrected chi connectivity index (χ4v) is 7.33. The fourth-order valence-electron chi connectivity index (χ4n) is 7.33. The van der Waals surface area contributed by atoms with Gasteiger partial charge in [-0.15, -0.1) is 5.10 Å². The molecule has 11 nitrogen and oxygen atoms in total. The number of hydrogen-bond acceptors (Lipinski definition) is 8. The van der Waals surface area contributed by atoms with Crippen LogP contribution in [-0.4, -0.2) is 84.3 Å². The van der Waals surface area contributed by atoms with Crippen molar-refractivity contribution in [1.29, 1.82) is 5.26 Å². The van der Waals surface area contributed by atoms with Crippen molar-refractivity contribution in [2.24, 2.45) is 7.05 Å². The van der Waals surface area contributed by atoms with E-state index in [0.29, 0.717) is 64.7 Å². The summed E-state index contributed by atoms with van der Waals surface area (Å²) >= 11 is 0. The molecule has 3 atom stereocenters. The van der Waals surface area contributed by atoms with Gasteiger partial charge >= 0.3 is 0 Å². The zero-order chi connectivity index (χ0) is 34.3. The van der Waals surface area contributed by atoms with E-state index in [1.165, 1.54) is 6.08 Å². The number of likely N-dealkylation sites (N-methyl/N-ethyl adjacent to an activating group) is 1. The molecule has 1 aliphatic rings. The topological polar surface area (TPSA) is 118 Å². The van der Waals surface area contributed by atoms with Crippen molar-refractivity contribution < 1.29 is 13.9 Å². The van der Waals surface area contributed by atoms with Gasteiger partial charge in [0.2, 0.25) is 11.8 Å². The second-order valence-corrected chi connectivity index (χ2v) is 13.0. The molecule has 3 aromatic heterocycles. The molecule has 1 aliphatic heterocycles. The maximum atomic E-state index is 17.2. The van der Waals surface area contributed by atoms with Crippen molar-refractivity contribution in [2.75, 3.05) is 26.7 Å². The Kier molecular flexibility index (Phi) is 9.16. The maximum absolute atomic E-state index is 17.2. The van der Waals surface area contributed by atoms with E-state index in [9.17, 15) is 10.1 Å². The number of carbonyl (C=O) groups excluding carboxylic acids is 1. The lowest BCUT2D eigenvalue weighted by Gasteiger charge is -2.37. The van der Waals surface area contributed by atoms with Crippen LogP contribution in [0.5, 0.6) is 5.88 Å². The number of aromatic nitrogens is 6. The van der Waals surface area contributed by atoms with Gasteiger partial charge in [0.15, 0.2) is 11.3 Å². The molecule has 12 heteroatoms. The van der Waals surface area contributed by atoms with Gasteiger partial charge in [0.05, 0.1) is 29.7 Å². The molecule has 0 aliphatic carbocycles. The first-order valence-corrected chi connectivity index (χ1v) is 16.6. The number of aryl methyl sites for hydroxylation is 2. The van der Waals surface area contributed by atoms with Crippen LogP contribution in [0.25, 0.3) is 44.0 Å². The third-order valence-electron chi connectivity index (χ3n) is 9.41. The van der Waals surface area contributed by atoms with E-state index in [4.69, 9.17) is 9.72 Å². The number of hydrogen-bond donors (Lipinski definition) is 0. The zero-order valence-electron chi connectivity index (χ0n) is 28.5. The number of nitrogens with zero attached hydrogens (tertiary/aromatic N) is 9. The largest absolute Gasteiger partial charge is 0.472 e. The van der Waals surface area contributed by atoms with Gasteiger partial charge in [-0.1, -0.05) is 30.8 Å². The fraction of sp³-hybridized carbons (Fsp3) is 0.444. The van der Waals surface area contributed by atoms with Crippen LogP contribution in [-0.2, 0) is 18.3 Å². The van der Waals surface area contributed by atoms with Crippen molar-refractivity contribution in [1.82, 2.24) is 39.6 Å². The number of amides is 1. The highest BCUT2D eigenvalue weighted by atomic mass is 19.1. The number of halogens is 1. The molecule has 0 N–H and O–H groups in total. The van der Waals surface area contributed by atoms with E-state index in [0.717, 1.165) is 23.9 Å². The minimum Gasteiger partial charge on any atom is -0.472 e. The highest BCUT2D eigenvalue weighted by molar-refractivity contribution is 6.08. The summed E-state index contributed by atoms with van der Waals surface area (Å²) in [6.07, 6.45) is 3.52. The molecule has 48 heavy (non-hydrogen) atoms. The number of fused-ring (bicyclic) bond motifs is 4. The smallest absolute Gasteiger partial charge is 0.246 e. The molecule has 2 unspecified atom stereocenters. The zero-order valence-corrected chi connectivity index (χ0v) is 28.5. The van der Waals surface area contributed by atoms with Crippen LogP contribution in [0.2, 0.25) is 0 Å². The Morgan fingerprint density at radius 3 is 2.83 bits per heavy atom. The lowest BCUT2D eigenvalue weighted by Crippen LogP contribution is -2.44. The summed E-state index contributed by atoms with van der Waals surface area (Å²) in [5.41, 5.74) is 4.46. The van der Waals surface area contributed by atoms with Crippen molar-refractivity contribution in [3.63, 3.8) is 0 Å². The summed E-state index contributed by atoms with van der Waals surface area (Å²) in [5, 5.41) is 24.6. The Labute approximate surface area is 279 Å². The summed E-state index contributed by atoms with van der Waals surface area (Å²) < 4.78 is 27.3. The molecule has 0 spiro atoms. The number of benzene rings is 2.